The molecule has 3 amide bonds. The van der Waals surface area contributed by atoms with Crippen LogP contribution in [0.1, 0.15) is 32.1 Å². The predicted octanol–water partition coefficient (Wildman–Crippen LogP) is -0.228. The Bertz CT molecular complexity index is 467. The molecule has 0 aromatic carbocycles. The summed E-state index contributed by atoms with van der Waals surface area (Å²) < 4.78 is 35.5. The molecule has 0 aliphatic carbocycles. The van der Waals surface area contributed by atoms with Crippen molar-refractivity contribution in [2.75, 3.05) is 6.54 Å². The van der Waals surface area contributed by atoms with Crippen molar-refractivity contribution in [2.45, 2.75) is 44.3 Å². The largest absolute Gasteiger partial charge is 0.480 e. The van der Waals surface area contributed by atoms with E-state index in [1.165, 1.54) is 5.32 Å². The van der Waals surface area contributed by atoms with Crippen LogP contribution in [0.3, 0.4) is 0 Å². The highest BCUT2D eigenvalue weighted by atomic mass is 19.4. The molecule has 1 aliphatic rings. The number of halogens is 3. The Hall–Kier alpha value is -2.21. The highest BCUT2D eigenvalue weighted by Gasteiger charge is 2.40. The maximum absolute atomic E-state index is 11.8. The molecule has 138 valence electrons. The van der Waals surface area contributed by atoms with Gasteiger partial charge in [0, 0.05) is 12.8 Å². The fraction of sp³-hybridized carbons (Fsp3) is 0.667. The molecular weight excluding hydrogens is 339 g/mol. The van der Waals surface area contributed by atoms with Crippen LogP contribution in [0.2, 0.25) is 0 Å². The van der Waals surface area contributed by atoms with E-state index in [4.69, 9.17) is 16.0 Å². The van der Waals surface area contributed by atoms with E-state index in [0.29, 0.717) is 19.4 Å². The standard InChI is InChI=1S/C8H13F3N2O3.C4H5NO3/c9-8(10,11)7(16)13-5(6(14)15)3-1-2-4-12;6-3-1-2-4(7)5(3)8/h5H,1-4,12H2,(H,13,16)(H,14,15);8H,1-2H2/t5-;/m0./s1. The smallest absolute Gasteiger partial charge is 0.471 e. The van der Waals surface area contributed by atoms with Crippen LogP contribution in [0.5, 0.6) is 0 Å². The lowest BCUT2D eigenvalue weighted by atomic mass is 10.1. The van der Waals surface area contributed by atoms with Gasteiger partial charge >= 0.3 is 18.1 Å². The average Bonchev–Trinajstić information content (AvgIpc) is 2.77. The van der Waals surface area contributed by atoms with E-state index in [2.05, 4.69) is 0 Å². The van der Waals surface area contributed by atoms with Gasteiger partial charge in [0.2, 0.25) is 0 Å². The molecule has 0 aromatic rings. The zero-order chi connectivity index (χ0) is 18.9. The summed E-state index contributed by atoms with van der Waals surface area (Å²) >= 11 is 0. The lowest BCUT2D eigenvalue weighted by Gasteiger charge is -2.15. The Balaban J connectivity index is 0.000000546. The number of hydrogen-bond acceptors (Lipinski definition) is 6. The molecule has 9 nitrogen and oxygen atoms in total. The van der Waals surface area contributed by atoms with Crippen molar-refractivity contribution >= 4 is 23.7 Å². The number of carboxylic acids is 1. The lowest BCUT2D eigenvalue weighted by Crippen LogP contribution is -2.46. The molecule has 1 rings (SSSR count). The van der Waals surface area contributed by atoms with Crippen LogP contribution in [-0.2, 0) is 19.2 Å². The minimum Gasteiger partial charge on any atom is -0.480 e. The Morgan fingerprint density at radius 1 is 1.21 bits per heavy atom. The van der Waals surface area contributed by atoms with E-state index in [9.17, 15) is 32.3 Å². The number of carboxylic acid groups (broad SMARTS) is 1. The van der Waals surface area contributed by atoms with Gasteiger partial charge in [0.15, 0.2) is 0 Å². The topological polar surface area (TPSA) is 150 Å². The summed E-state index contributed by atoms with van der Waals surface area (Å²) in [5.41, 5.74) is 5.15. The van der Waals surface area contributed by atoms with Gasteiger partial charge < -0.3 is 16.2 Å². The first-order chi connectivity index (χ1) is 11.0. The molecular formula is C12H18F3N3O6. The van der Waals surface area contributed by atoms with Crippen molar-refractivity contribution in [2.24, 2.45) is 5.73 Å². The number of aliphatic carboxylic acids is 1. The Morgan fingerprint density at radius 3 is 2.00 bits per heavy atom. The number of rotatable bonds is 6. The quantitative estimate of drug-likeness (QED) is 0.291. The van der Waals surface area contributed by atoms with Crippen LogP contribution in [0, 0.1) is 0 Å². The molecule has 0 unspecified atom stereocenters. The van der Waals surface area contributed by atoms with Crippen LogP contribution < -0.4 is 11.1 Å². The molecule has 1 atom stereocenters. The molecule has 1 fully saturated rings. The van der Waals surface area contributed by atoms with Crippen LogP contribution in [0.25, 0.3) is 0 Å². The number of amides is 3. The highest BCUT2D eigenvalue weighted by Crippen LogP contribution is 2.15. The Labute approximate surface area is 134 Å². The number of hydrogen-bond donors (Lipinski definition) is 4. The number of nitrogens with zero attached hydrogens (tertiary/aromatic N) is 1. The third-order valence-corrected chi connectivity index (χ3v) is 2.83. The van der Waals surface area contributed by atoms with Crippen molar-refractivity contribution < 1.29 is 42.7 Å². The Kier molecular flexibility index (Phi) is 8.92. The summed E-state index contributed by atoms with van der Waals surface area (Å²) in [5, 5.41) is 18.6. The van der Waals surface area contributed by atoms with Gasteiger partial charge in [-0.3, -0.25) is 19.6 Å². The average molecular weight is 357 g/mol. The van der Waals surface area contributed by atoms with Crippen LogP contribution in [0.4, 0.5) is 13.2 Å². The second-order valence-electron chi connectivity index (χ2n) is 4.75. The SMILES string of the molecule is NCCCC[C@H](NC(=O)C(F)(F)F)C(=O)O.O=C1CCC(=O)N1O. The number of alkyl halides is 3. The molecule has 5 N–H and O–H groups in total. The first-order valence-corrected chi connectivity index (χ1v) is 6.86. The third kappa shape index (κ3) is 7.87. The van der Waals surface area contributed by atoms with E-state index in [1.54, 1.807) is 0 Å². The van der Waals surface area contributed by atoms with Crippen molar-refractivity contribution in [1.82, 2.24) is 10.4 Å². The highest BCUT2D eigenvalue weighted by molar-refractivity contribution is 6.00. The van der Waals surface area contributed by atoms with E-state index >= 15 is 0 Å². The normalized spacial score (nSPS) is 15.6. The second-order valence-corrected chi connectivity index (χ2v) is 4.75. The minimum atomic E-state index is -5.07. The first kappa shape index (κ1) is 21.8. The number of nitrogens with one attached hydrogen (secondary N) is 1. The molecule has 12 heteroatoms. The fourth-order valence-corrected chi connectivity index (χ4v) is 1.56. The second kappa shape index (κ2) is 9.82. The van der Waals surface area contributed by atoms with Gasteiger partial charge in [-0.05, 0) is 25.8 Å². The number of unbranched alkanes of at least 4 members (excludes halogenated alkanes) is 1. The van der Waals surface area contributed by atoms with Crippen molar-refractivity contribution in [3.8, 4) is 0 Å². The zero-order valence-corrected chi connectivity index (χ0v) is 12.5. The molecule has 1 aliphatic heterocycles. The molecule has 1 heterocycles. The number of nitrogens with two attached hydrogens (primary N) is 1. The van der Waals surface area contributed by atoms with Gasteiger partial charge in [-0.1, -0.05) is 0 Å². The van der Waals surface area contributed by atoms with Crippen molar-refractivity contribution in [3.05, 3.63) is 0 Å². The monoisotopic (exact) mass is 357 g/mol. The van der Waals surface area contributed by atoms with E-state index in [0.717, 1.165) is 0 Å². The molecule has 24 heavy (non-hydrogen) atoms. The Morgan fingerprint density at radius 2 is 1.71 bits per heavy atom. The third-order valence-electron chi connectivity index (χ3n) is 2.83. The van der Waals surface area contributed by atoms with Gasteiger partial charge in [-0.25, -0.2) is 4.79 Å². The summed E-state index contributed by atoms with van der Waals surface area (Å²) in [4.78, 5) is 41.5. The molecule has 0 spiro atoms. The van der Waals surface area contributed by atoms with Gasteiger partial charge in [-0.15, -0.1) is 0 Å². The molecule has 0 aromatic heterocycles. The summed E-state index contributed by atoms with van der Waals surface area (Å²) in [5.74, 6) is -4.74. The summed E-state index contributed by atoms with van der Waals surface area (Å²) in [7, 11) is 0. The molecule has 0 radical (unpaired) electrons. The number of carbonyl (C=O) groups is 4. The summed E-state index contributed by atoms with van der Waals surface area (Å²) in [6.07, 6.45) is -4.02. The first-order valence-electron chi connectivity index (χ1n) is 6.86. The minimum absolute atomic E-state index is 0.0750. The van der Waals surface area contributed by atoms with Crippen LogP contribution in [-0.4, -0.2) is 57.8 Å². The fourth-order valence-electron chi connectivity index (χ4n) is 1.56. The summed E-state index contributed by atoms with van der Waals surface area (Å²) in [6.45, 7) is 0.319. The lowest BCUT2D eigenvalue weighted by molar-refractivity contribution is -0.175. The summed E-state index contributed by atoms with van der Waals surface area (Å²) in [6, 6.07) is -1.53. The number of carbonyl (C=O) groups excluding carboxylic acids is 3. The maximum atomic E-state index is 11.8. The van der Waals surface area contributed by atoms with E-state index in [1.807, 2.05) is 0 Å². The number of hydroxylamine groups is 2. The molecule has 1 saturated heterocycles. The molecule has 0 bridgehead atoms. The van der Waals surface area contributed by atoms with Crippen molar-refractivity contribution in [3.63, 3.8) is 0 Å². The zero-order valence-electron chi connectivity index (χ0n) is 12.5. The maximum Gasteiger partial charge on any atom is 0.471 e. The van der Waals surface area contributed by atoms with Crippen molar-refractivity contribution in [1.29, 1.82) is 0 Å². The van der Waals surface area contributed by atoms with E-state index < -0.39 is 35.9 Å². The molecule has 0 saturated carbocycles. The van der Waals surface area contributed by atoms with Gasteiger partial charge in [-0.2, -0.15) is 18.2 Å². The van der Waals surface area contributed by atoms with Crippen LogP contribution in [0.15, 0.2) is 0 Å². The van der Waals surface area contributed by atoms with Gasteiger partial charge in [0.25, 0.3) is 11.8 Å². The number of imide groups is 1. The van der Waals surface area contributed by atoms with Gasteiger partial charge in [0.05, 0.1) is 0 Å². The van der Waals surface area contributed by atoms with Crippen LogP contribution >= 0.6 is 0 Å². The predicted molar refractivity (Wildman–Crippen MR) is 71.4 cm³/mol. The van der Waals surface area contributed by atoms with E-state index in [-0.39, 0.29) is 24.3 Å². The van der Waals surface area contributed by atoms with Gasteiger partial charge in [0.1, 0.15) is 6.04 Å².